The third kappa shape index (κ3) is 9.25. The van der Waals surface area contributed by atoms with Crippen LogP contribution in [0.4, 0.5) is 0 Å². The Morgan fingerprint density at radius 2 is 1.41 bits per heavy atom. The van der Waals surface area contributed by atoms with E-state index in [1.54, 1.807) is 0 Å². The lowest BCUT2D eigenvalue weighted by molar-refractivity contribution is 0.314. The maximum absolute atomic E-state index is 6.41. The highest BCUT2D eigenvalue weighted by molar-refractivity contribution is 7.78. The maximum Gasteiger partial charge on any atom is 0.461 e. The van der Waals surface area contributed by atoms with Crippen molar-refractivity contribution in [3.05, 3.63) is 54.1 Å². The van der Waals surface area contributed by atoms with Gasteiger partial charge in [0.25, 0.3) is 0 Å². The number of hydrogen-bond donors (Lipinski definition) is 0. The first-order chi connectivity index (χ1) is 16.7. The molecular weight excluding hydrogens is 495 g/mol. The van der Waals surface area contributed by atoms with Crippen LogP contribution in [0.2, 0.25) is 6.04 Å². The Balaban J connectivity index is 2.16. The average molecular weight is 526 g/mol. The number of aryl methyl sites for hydroxylation is 1. The minimum Gasteiger partial charge on any atom is -0.493 e. The van der Waals surface area contributed by atoms with Crippen LogP contribution >= 0.6 is 36.7 Å². The lowest BCUT2D eigenvalue weighted by Gasteiger charge is -2.18. The van der Waals surface area contributed by atoms with Gasteiger partial charge in [-0.05, 0) is 67.0 Å². The Bertz CT molecular complexity index is 999. The molecule has 0 fully saturated rings. The second-order valence-electron chi connectivity index (χ2n) is 8.01. The summed E-state index contributed by atoms with van der Waals surface area (Å²) in [6.45, 7) is 2.74. The molecule has 0 aliphatic carbocycles. The Morgan fingerprint density at radius 3 is 2.06 bits per heavy atom. The quantitative estimate of drug-likeness (QED) is 0.0957. The number of para-hydroxylation sites is 1. The smallest absolute Gasteiger partial charge is 0.461 e. The molecule has 0 amide bonds. The van der Waals surface area contributed by atoms with E-state index >= 15 is 0 Å². The minimum absolute atomic E-state index is 0.495. The molecule has 2 aromatic rings. The predicted molar refractivity (Wildman–Crippen MR) is 155 cm³/mol. The topological polar surface area (TPSA) is 46.3 Å². The fraction of sp³-hybridized carbons (Fsp3) is 0.423. The molecule has 0 bridgehead atoms. The van der Waals surface area contributed by atoms with Crippen LogP contribution in [0.1, 0.15) is 57.4 Å². The van der Waals surface area contributed by atoms with E-state index in [2.05, 4.69) is 78.8 Å². The SMILES string of the molecule is CCCCCCCCc1cccc(-c2ccccc2)c1OCCC[Si](N=C=S)(N=C=S)N=C=S. The molecule has 0 spiro atoms. The predicted octanol–water partition coefficient (Wildman–Crippen LogP) is 8.27. The summed E-state index contributed by atoms with van der Waals surface area (Å²) in [5, 5.41) is 7.16. The fourth-order valence-corrected chi connectivity index (χ4v) is 6.70. The molecule has 8 heteroatoms. The van der Waals surface area contributed by atoms with Gasteiger partial charge in [0.2, 0.25) is 0 Å². The highest BCUT2D eigenvalue weighted by atomic mass is 32.1. The van der Waals surface area contributed by atoms with Crippen LogP contribution in [0.15, 0.2) is 62.5 Å². The van der Waals surface area contributed by atoms with Crippen LogP contribution in [-0.2, 0) is 6.42 Å². The first-order valence-electron chi connectivity index (χ1n) is 11.8. The molecular formula is C26H31N3OS3Si. The van der Waals surface area contributed by atoms with Gasteiger partial charge in [-0.1, -0.05) is 87.6 Å². The summed E-state index contributed by atoms with van der Waals surface area (Å²) in [4.78, 5) is 0. The largest absolute Gasteiger partial charge is 0.493 e. The van der Waals surface area contributed by atoms with E-state index in [1.807, 2.05) is 6.07 Å². The van der Waals surface area contributed by atoms with Crippen LogP contribution in [0.25, 0.3) is 11.1 Å². The summed E-state index contributed by atoms with van der Waals surface area (Å²) >= 11 is 14.4. The van der Waals surface area contributed by atoms with Crippen LogP contribution in [0, 0.1) is 0 Å². The zero-order valence-electron chi connectivity index (χ0n) is 19.7. The van der Waals surface area contributed by atoms with Crippen molar-refractivity contribution in [3.8, 4) is 16.9 Å². The minimum atomic E-state index is -2.91. The van der Waals surface area contributed by atoms with E-state index in [1.165, 1.54) is 37.7 Å². The van der Waals surface area contributed by atoms with E-state index in [-0.39, 0.29) is 0 Å². The molecule has 178 valence electrons. The van der Waals surface area contributed by atoms with Gasteiger partial charge >= 0.3 is 8.56 Å². The van der Waals surface area contributed by atoms with Crippen LogP contribution in [0.5, 0.6) is 5.75 Å². The zero-order chi connectivity index (χ0) is 24.5. The summed E-state index contributed by atoms with van der Waals surface area (Å²) in [5.74, 6) is 0.949. The van der Waals surface area contributed by atoms with Gasteiger partial charge in [0.15, 0.2) is 0 Å². The van der Waals surface area contributed by atoms with Gasteiger partial charge in [0.1, 0.15) is 5.75 Å². The summed E-state index contributed by atoms with van der Waals surface area (Å²) in [5.41, 5.74) is 3.50. The molecule has 4 nitrogen and oxygen atoms in total. The van der Waals surface area contributed by atoms with Gasteiger partial charge < -0.3 is 4.74 Å². The third-order valence-electron chi connectivity index (χ3n) is 5.56. The van der Waals surface area contributed by atoms with Crippen molar-refractivity contribution in [2.45, 2.75) is 64.3 Å². The van der Waals surface area contributed by atoms with E-state index in [0.717, 1.165) is 29.7 Å². The second kappa shape index (κ2) is 16.5. The van der Waals surface area contributed by atoms with E-state index in [0.29, 0.717) is 19.1 Å². The average Bonchev–Trinajstić information content (AvgIpc) is 2.85. The first-order valence-corrected chi connectivity index (χ1v) is 15.0. The van der Waals surface area contributed by atoms with Crippen LogP contribution in [-0.4, -0.2) is 30.6 Å². The lowest BCUT2D eigenvalue weighted by Crippen LogP contribution is -2.28. The van der Waals surface area contributed by atoms with Crippen molar-refractivity contribution in [3.63, 3.8) is 0 Å². The normalized spacial score (nSPS) is 11.9. The molecule has 0 aliphatic heterocycles. The molecule has 0 saturated heterocycles. The summed E-state index contributed by atoms with van der Waals surface area (Å²) in [6, 6.07) is 17.3. The molecule has 0 radical (unpaired) electrons. The van der Waals surface area contributed by atoms with E-state index in [9.17, 15) is 0 Å². The van der Waals surface area contributed by atoms with Crippen molar-refractivity contribution in [1.29, 1.82) is 0 Å². The number of unbranched alkanes of at least 4 members (excludes halogenated alkanes) is 5. The second-order valence-corrected chi connectivity index (χ2v) is 11.3. The fourth-order valence-electron chi connectivity index (χ4n) is 3.84. The molecule has 0 atom stereocenters. The molecule has 2 rings (SSSR count). The molecule has 0 unspecified atom stereocenters. The summed E-state index contributed by atoms with van der Waals surface area (Å²) < 4.78 is 19.0. The Morgan fingerprint density at radius 1 is 0.765 bits per heavy atom. The number of hydrogen-bond acceptors (Lipinski definition) is 7. The number of rotatable bonds is 16. The third-order valence-corrected chi connectivity index (χ3v) is 8.75. The zero-order valence-corrected chi connectivity index (χ0v) is 23.1. The monoisotopic (exact) mass is 525 g/mol. The van der Waals surface area contributed by atoms with Gasteiger partial charge in [0, 0.05) is 11.6 Å². The molecule has 0 saturated carbocycles. The standard InChI is InChI=1S/C26H31N3OS3Si/c1-2-3-4-5-6-8-15-24-16-11-17-25(23-13-9-7-10-14-23)26(24)30-18-12-19-34(27-20-31,28-21-32)29-22-33/h7,9-11,13-14,16-17H,2-6,8,12,15,18-19H2,1H3. The number of ether oxygens (including phenoxy) is 1. The van der Waals surface area contributed by atoms with Gasteiger partial charge in [-0.2, -0.15) is 0 Å². The number of thiocarbonyl (C=S) groups is 3. The highest BCUT2D eigenvalue weighted by Gasteiger charge is 2.34. The van der Waals surface area contributed by atoms with Gasteiger partial charge in [-0.3, -0.25) is 0 Å². The Labute approximate surface area is 220 Å². The molecule has 0 aliphatic rings. The molecule has 0 aromatic heterocycles. The van der Waals surface area contributed by atoms with Crippen molar-refractivity contribution >= 4 is 60.7 Å². The van der Waals surface area contributed by atoms with E-state index < -0.39 is 8.56 Å². The number of benzene rings is 2. The molecule has 2 aromatic carbocycles. The van der Waals surface area contributed by atoms with Crippen molar-refractivity contribution in [1.82, 2.24) is 0 Å². The molecule has 34 heavy (non-hydrogen) atoms. The van der Waals surface area contributed by atoms with Crippen LogP contribution < -0.4 is 4.74 Å². The Hall–Kier alpha value is -2.14. The van der Waals surface area contributed by atoms with Crippen molar-refractivity contribution < 1.29 is 4.74 Å². The summed E-state index contributed by atoms with van der Waals surface area (Å²) in [7, 11) is -2.91. The van der Waals surface area contributed by atoms with Crippen molar-refractivity contribution in [2.24, 2.45) is 14.0 Å². The summed E-state index contributed by atoms with van der Waals surface area (Å²) in [6.07, 6.45) is 9.26. The van der Waals surface area contributed by atoms with Crippen LogP contribution in [0.3, 0.4) is 0 Å². The first kappa shape index (κ1) is 28.1. The van der Waals surface area contributed by atoms with Gasteiger partial charge in [0.05, 0.1) is 22.1 Å². The van der Waals surface area contributed by atoms with Gasteiger partial charge in [-0.15, -0.1) is 0 Å². The molecule has 0 heterocycles. The van der Waals surface area contributed by atoms with E-state index in [4.69, 9.17) is 41.4 Å². The molecule has 0 N–H and O–H groups in total. The Kier molecular flexibility index (Phi) is 13.6. The number of nitrogens with zero attached hydrogens (tertiary/aromatic N) is 3. The lowest BCUT2D eigenvalue weighted by atomic mass is 9.98. The van der Waals surface area contributed by atoms with Gasteiger partial charge in [-0.25, -0.2) is 14.0 Å². The van der Waals surface area contributed by atoms with Crippen molar-refractivity contribution in [2.75, 3.05) is 6.61 Å². The number of isothiocyanates is 3. The highest BCUT2D eigenvalue weighted by Crippen LogP contribution is 2.34. The maximum atomic E-state index is 6.41.